The van der Waals surface area contributed by atoms with Crippen molar-refractivity contribution in [3.8, 4) is 0 Å². The summed E-state index contributed by atoms with van der Waals surface area (Å²) in [5.74, 6) is 0.843. The van der Waals surface area contributed by atoms with Crippen molar-refractivity contribution in [3.63, 3.8) is 0 Å². The lowest BCUT2D eigenvalue weighted by Gasteiger charge is -2.17. The van der Waals surface area contributed by atoms with Crippen LogP contribution in [0.4, 0.5) is 0 Å². The molecule has 0 aliphatic carbocycles. The van der Waals surface area contributed by atoms with Crippen LogP contribution in [-0.4, -0.2) is 42.0 Å². The van der Waals surface area contributed by atoms with Gasteiger partial charge >= 0.3 is 0 Å². The van der Waals surface area contributed by atoms with E-state index in [0.29, 0.717) is 16.9 Å². The second kappa shape index (κ2) is 5.46. The molecule has 0 saturated carbocycles. The van der Waals surface area contributed by atoms with E-state index in [2.05, 4.69) is 9.38 Å². The lowest BCUT2D eigenvalue weighted by Crippen LogP contribution is -2.24. The average molecular weight is 306 g/mol. The number of sulfonamides is 1. The second-order valence-corrected chi connectivity index (χ2v) is 6.96. The van der Waals surface area contributed by atoms with Crippen molar-refractivity contribution >= 4 is 38.6 Å². The van der Waals surface area contributed by atoms with Crippen molar-refractivity contribution < 1.29 is 8.42 Å². The predicted molar refractivity (Wildman–Crippen MR) is 74.4 cm³/mol. The van der Waals surface area contributed by atoms with Crippen LogP contribution in [0.25, 0.3) is 0 Å². The summed E-state index contributed by atoms with van der Waals surface area (Å²) in [6.07, 6.45) is 2.78. The molecular formula is C10H12ClN3O2S2. The molecule has 5 nitrogen and oxygen atoms in total. The fourth-order valence-corrected chi connectivity index (χ4v) is 3.49. The summed E-state index contributed by atoms with van der Waals surface area (Å²) in [5, 5.41) is 0.993. The van der Waals surface area contributed by atoms with Crippen molar-refractivity contribution in [2.45, 2.75) is 6.54 Å². The van der Waals surface area contributed by atoms with E-state index < -0.39 is 10.0 Å². The fraction of sp³-hybridized carbons (Fsp3) is 0.400. The van der Waals surface area contributed by atoms with E-state index in [1.807, 2.05) is 11.0 Å². The number of hydrogen-bond acceptors (Lipinski definition) is 4. The predicted octanol–water partition coefficient (Wildman–Crippen LogP) is 1.60. The molecule has 0 unspecified atom stereocenters. The quantitative estimate of drug-likeness (QED) is 0.794. The SMILES string of the molecule is CS(=O)(=O)/N=C1\SCCN1Cc1ccc(Cl)nc1. The van der Waals surface area contributed by atoms with Crippen LogP contribution >= 0.6 is 23.4 Å². The zero-order valence-corrected chi connectivity index (χ0v) is 12.1. The first-order valence-corrected chi connectivity index (χ1v) is 8.43. The van der Waals surface area contributed by atoms with E-state index in [1.54, 1.807) is 12.3 Å². The largest absolute Gasteiger partial charge is 0.345 e. The van der Waals surface area contributed by atoms with Crippen LogP contribution in [0.15, 0.2) is 22.7 Å². The summed E-state index contributed by atoms with van der Waals surface area (Å²) < 4.78 is 26.1. The molecule has 1 aromatic heterocycles. The molecule has 0 atom stereocenters. The second-order valence-electron chi connectivity index (χ2n) is 3.87. The first-order chi connectivity index (χ1) is 8.44. The number of thioether (sulfide) groups is 1. The van der Waals surface area contributed by atoms with Crippen LogP contribution in [0.3, 0.4) is 0 Å². The van der Waals surface area contributed by atoms with Gasteiger partial charge in [0, 0.05) is 25.0 Å². The Morgan fingerprint density at radius 3 is 2.94 bits per heavy atom. The summed E-state index contributed by atoms with van der Waals surface area (Å²) in [6, 6.07) is 3.59. The zero-order chi connectivity index (χ0) is 13.2. The maximum absolute atomic E-state index is 11.2. The molecule has 0 bridgehead atoms. The van der Waals surface area contributed by atoms with Crippen LogP contribution in [0.2, 0.25) is 5.15 Å². The van der Waals surface area contributed by atoms with Gasteiger partial charge in [-0.1, -0.05) is 29.4 Å². The number of pyridine rings is 1. The molecule has 1 fully saturated rings. The summed E-state index contributed by atoms with van der Waals surface area (Å²) in [4.78, 5) is 5.92. The molecule has 0 aromatic carbocycles. The van der Waals surface area contributed by atoms with Gasteiger partial charge in [0.15, 0.2) is 5.17 Å². The third-order valence-electron chi connectivity index (χ3n) is 2.27. The average Bonchev–Trinajstić information content (AvgIpc) is 2.67. The van der Waals surface area contributed by atoms with E-state index >= 15 is 0 Å². The Hall–Kier alpha value is -0.790. The molecule has 0 N–H and O–H groups in total. The highest BCUT2D eigenvalue weighted by Crippen LogP contribution is 2.21. The molecule has 2 heterocycles. The molecule has 98 valence electrons. The third-order valence-corrected chi connectivity index (χ3v) is 4.11. The van der Waals surface area contributed by atoms with E-state index in [1.165, 1.54) is 11.8 Å². The number of hydrogen-bond donors (Lipinski definition) is 0. The number of nitrogens with zero attached hydrogens (tertiary/aromatic N) is 3. The van der Waals surface area contributed by atoms with Crippen molar-refractivity contribution in [2.24, 2.45) is 4.40 Å². The molecule has 18 heavy (non-hydrogen) atoms. The number of rotatable bonds is 3. The van der Waals surface area contributed by atoms with Crippen LogP contribution in [0.5, 0.6) is 0 Å². The molecule has 1 saturated heterocycles. The summed E-state index contributed by atoms with van der Waals surface area (Å²) in [5.41, 5.74) is 0.975. The summed E-state index contributed by atoms with van der Waals surface area (Å²) >= 11 is 7.16. The topological polar surface area (TPSA) is 62.6 Å². The lowest BCUT2D eigenvalue weighted by atomic mass is 10.3. The summed E-state index contributed by atoms with van der Waals surface area (Å²) in [7, 11) is -3.35. The van der Waals surface area contributed by atoms with Gasteiger partial charge in [0.25, 0.3) is 10.0 Å². The molecule has 0 spiro atoms. The summed E-state index contributed by atoms with van der Waals surface area (Å²) in [6.45, 7) is 1.37. The van der Waals surface area contributed by atoms with Gasteiger partial charge in [-0.15, -0.1) is 4.40 Å². The van der Waals surface area contributed by atoms with Gasteiger partial charge in [0.1, 0.15) is 5.15 Å². The van der Waals surface area contributed by atoms with Gasteiger partial charge in [-0.2, -0.15) is 0 Å². The molecular weight excluding hydrogens is 294 g/mol. The van der Waals surface area contributed by atoms with Crippen molar-refractivity contribution in [3.05, 3.63) is 29.0 Å². The first kappa shape index (κ1) is 13.6. The van der Waals surface area contributed by atoms with Crippen LogP contribution in [0.1, 0.15) is 5.56 Å². The minimum absolute atomic E-state index is 0.444. The minimum atomic E-state index is -3.35. The normalized spacial score (nSPS) is 18.6. The molecule has 0 radical (unpaired) electrons. The standard InChI is InChI=1S/C10H12ClN3O2S2/c1-18(15,16)13-10-14(4-5-17-10)7-8-2-3-9(11)12-6-8/h2-3,6H,4-5,7H2,1H3/b13-10-. The first-order valence-electron chi connectivity index (χ1n) is 5.22. The monoisotopic (exact) mass is 305 g/mol. The molecule has 8 heteroatoms. The Balaban J connectivity index is 2.13. The molecule has 0 amide bonds. The van der Waals surface area contributed by atoms with Crippen LogP contribution in [0, 0.1) is 0 Å². The fourth-order valence-electron chi connectivity index (χ4n) is 1.53. The Bertz CT molecular complexity index is 557. The smallest absolute Gasteiger partial charge is 0.252 e. The number of aromatic nitrogens is 1. The van der Waals surface area contributed by atoms with Gasteiger partial charge < -0.3 is 4.90 Å². The Morgan fingerprint density at radius 2 is 2.33 bits per heavy atom. The van der Waals surface area contributed by atoms with Crippen molar-refractivity contribution in [1.29, 1.82) is 0 Å². The highest BCUT2D eigenvalue weighted by atomic mass is 35.5. The van der Waals surface area contributed by atoms with Crippen LogP contribution < -0.4 is 0 Å². The maximum atomic E-state index is 11.2. The van der Waals surface area contributed by atoms with Gasteiger partial charge in [0.05, 0.1) is 6.26 Å². The lowest BCUT2D eigenvalue weighted by molar-refractivity contribution is 0.456. The Morgan fingerprint density at radius 1 is 1.56 bits per heavy atom. The third kappa shape index (κ3) is 3.86. The van der Waals surface area contributed by atoms with E-state index in [0.717, 1.165) is 24.1 Å². The van der Waals surface area contributed by atoms with Gasteiger partial charge in [-0.05, 0) is 11.6 Å². The molecule has 1 aliphatic heterocycles. The molecule has 1 aromatic rings. The van der Waals surface area contributed by atoms with E-state index in [-0.39, 0.29) is 0 Å². The van der Waals surface area contributed by atoms with Crippen LogP contribution in [-0.2, 0) is 16.6 Å². The van der Waals surface area contributed by atoms with Crippen molar-refractivity contribution in [2.75, 3.05) is 18.6 Å². The maximum Gasteiger partial charge on any atom is 0.252 e. The van der Waals surface area contributed by atoms with Gasteiger partial charge in [-0.3, -0.25) is 0 Å². The molecule has 2 rings (SSSR count). The van der Waals surface area contributed by atoms with Gasteiger partial charge in [0.2, 0.25) is 0 Å². The Labute approximate surface area is 115 Å². The highest BCUT2D eigenvalue weighted by Gasteiger charge is 2.21. The van der Waals surface area contributed by atoms with E-state index in [4.69, 9.17) is 11.6 Å². The van der Waals surface area contributed by atoms with E-state index in [9.17, 15) is 8.42 Å². The number of amidine groups is 1. The van der Waals surface area contributed by atoms with Crippen molar-refractivity contribution in [1.82, 2.24) is 9.88 Å². The zero-order valence-electron chi connectivity index (χ0n) is 9.71. The number of halogens is 1. The minimum Gasteiger partial charge on any atom is -0.345 e. The molecule has 1 aliphatic rings. The highest BCUT2D eigenvalue weighted by molar-refractivity contribution is 8.14. The van der Waals surface area contributed by atoms with Gasteiger partial charge in [-0.25, -0.2) is 13.4 Å². The Kier molecular flexibility index (Phi) is 4.14.